The fourth-order valence-corrected chi connectivity index (χ4v) is 2.87. The number of benzene rings is 1. The standard InChI is InChI=1S/C19H28N2O3/c1-4-14(2)19(23)20-16-8-10-21(11-9-16)18(22)13-15-6-5-7-17(12-15)24-3/h5-7,12,14,16H,4,8-11,13H2,1-3H3,(H,20,23)/t14-/m1/s1. The molecule has 2 rings (SSSR count). The Morgan fingerprint density at radius 3 is 2.67 bits per heavy atom. The molecule has 0 spiro atoms. The summed E-state index contributed by atoms with van der Waals surface area (Å²) in [6, 6.07) is 7.81. The van der Waals surface area contributed by atoms with Gasteiger partial charge in [0.25, 0.3) is 0 Å². The molecular weight excluding hydrogens is 304 g/mol. The molecular formula is C19H28N2O3. The normalized spacial score (nSPS) is 16.5. The minimum absolute atomic E-state index is 0.0534. The van der Waals surface area contributed by atoms with E-state index < -0.39 is 0 Å². The van der Waals surface area contributed by atoms with Crippen LogP contribution in [-0.2, 0) is 16.0 Å². The smallest absolute Gasteiger partial charge is 0.226 e. The van der Waals surface area contributed by atoms with Crippen LogP contribution in [0, 0.1) is 5.92 Å². The Morgan fingerprint density at radius 1 is 1.33 bits per heavy atom. The predicted octanol–water partition coefficient (Wildman–Crippen LogP) is 2.39. The van der Waals surface area contributed by atoms with Crippen LogP contribution in [0.25, 0.3) is 0 Å². The first-order valence-corrected chi connectivity index (χ1v) is 8.74. The lowest BCUT2D eigenvalue weighted by Crippen LogP contribution is -2.47. The van der Waals surface area contributed by atoms with E-state index in [0.29, 0.717) is 19.5 Å². The Balaban J connectivity index is 1.81. The largest absolute Gasteiger partial charge is 0.497 e. The monoisotopic (exact) mass is 332 g/mol. The number of carbonyl (C=O) groups excluding carboxylic acids is 2. The number of hydrogen-bond acceptors (Lipinski definition) is 3. The van der Waals surface area contributed by atoms with Gasteiger partial charge in [-0.05, 0) is 37.0 Å². The number of carbonyl (C=O) groups is 2. The van der Waals surface area contributed by atoms with Crippen LogP contribution in [0.15, 0.2) is 24.3 Å². The topological polar surface area (TPSA) is 58.6 Å². The van der Waals surface area contributed by atoms with Crippen molar-refractivity contribution < 1.29 is 14.3 Å². The van der Waals surface area contributed by atoms with E-state index in [4.69, 9.17) is 4.74 Å². The Kier molecular flexibility index (Phi) is 6.64. The second kappa shape index (κ2) is 8.71. The number of nitrogens with zero attached hydrogens (tertiary/aromatic N) is 1. The van der Waals surface area contributed by atoms with Gasteiger partial charge in [-0.1, -0.05) is 26.0 Å². The summed E-state index contributed by atoms with van der Waals surface area (Å²) in [5, 5.41) is 3.10. The van der Waals surface area contributed by atoms with Gasteiger partial charge < -0.3 is 15.0 Å². The number of hydrogen-bond donors (Lipinski definition) is 1. The van der Waals surface area contributed by atoms with E-state index in [1.807, 2.05) is 43.0 Å². The number of likely N-dealkylation sites (tertiary alicyclic amines) is 1. The fraction of sp³-hybridized carbons (Fsp3) is 0.579. The summed E-state index contributed by atoms with van der Waals surface area (Å²) in [7, 11) is 1.62. The van der Waals surface area contributed by atoms with E-state index in [9.17, 15) is 9.59 Å². The van der Waals surface area contributed by atoms with Crippen LogP contribution >= 0.6 is 0 Å². The van der Waals surface area contributed by atoms with Gasteiger partial charge in [-0.2, -0.15) is 0 Å². The Hall–Kier alpha value is -2.04. The molecule has 0 unspecified atom stereocenters. The fourth-order valence-electron chi connectivity index (χ4n) is 2.87. The number of rotatable bonds is 6. The van der Waals surface area contributed by atoms with Crippen LogP contribution in [0.4, 0.5) is 0 Å². The van der Waals surface area contributed by atoms with E-state index in [1.165, 1.54) is 0 Å². The zero-order valence-corrected chi connectivity index (χ0v) is 14.9. The zero-order valence-electron chi connectivity index (χ0n) is 14.9. The van der Waals surface area contributed by atoms with Crippen molar-refractivity contribution in [2.24, 2.45) is 5.92 Å². The molecule has 0 saturated carbocycles. The van der Waals surface area contributed by atoms with Crippen molar-refractivity contribution in [3.05, 3.63) is 29.8 Å². The number of nitrogens with one attached hydrogen (secondary N) is 1. The van der Waals surface area contributed by atoms with Crippen LogP contribution in [0.1, 0.15) is 38.7 Å². The molecule has 0 bridgehead atoms. The molecule has 24 heavy (non-hydrogen) atoms. The summed E-state index contributed by atoms with van der Waals surface area (Å²) >= 11 is 0. The first-order valence-electron chi connectivity index (χ1n) is 8.74. The summed E-state index contributed by atoms with van der Waals surface area (Å²) in [6.45, 7) is 5.37. The van der Waals surface area contributed by atoms with Gasteiger partial charge in [0.15, 0.2) is 0 Å². The second-order valence-electron chi connectivity index (χ2n) is 6.50. The van der Waals surface area contributed by atoms with E-state index in [2.05, 4.69) is 5.32 Å². The number of amides is 2. The minimum atomic E-state index is 0.0534. The summed E-state index contributed by atoms with van der Waals surface area (Å²) in [5.41, 5.74) is 0.964. The predicted molar refractivity (Wildman–Crippen MR) is 93.9 cm³/mol. The van der Waals surface area contributed by atoms with Gasteiger partial charge in [-0.15, -0.1) is 0 Å². The molecule has 2 amide bonds. The van der Waals surface area contributed by atoms with Crippen molar-refractivity contribution in [1.82, 2.24) is 10.2 Å². The highest BCUT2D eigenvalue weighted by atomic mass is 16.5. The van der Waals surface area contributed by atoms with Crippen LogP contribution in [0.5, 0.6) is 5.75 Å². The van der Waals surface area contributed by atoms with Gasteiger partial charge in [0.1, 0.15) is 5.75 Å². The third-order valence-corrected chi connectivity index (χ3v) is 4.74. The first kappa shape index (κ1) is 18.3. The van der Waals surface area contributed by atoms with Gasteiger partial charge in [0.2, 0.25) is 11.8 Å². The van der Waals surface area contributed by atoms with E-state index >= 15 is 0 Å². The molecule has 1 saturated heterocycles. The second-order valence-corrected chi connectivity index (χ2v) is 6.50. The number of methoxy groups -OCH3 is 1. The minimum Gasteiger partial charge on any atom is -0.497 e. The Bertz CT molecular complexity index is 565. The van der Waals surface area contributed by atoms with Crippen molar-refractivity contribution in [3.8, 4) is 5.75 Å². The molecule has 132 valence electrons. The summed E-state index contributed by atoms with van der Waals surface area (Å²) in [6.07, 6.45) is 2.89. The highest BCUT2D eigenvalue weighted by Crippen LogP contribution is 2.16. The molecule has 1 fully saturated rings. The maximum absolute atomic E-state index is 12.4. The maximum Gasteiger partial charge on any atom is 0.226 e. The van der Waals surface area contributed by atoms with Gasteiger partial charge >= 0.3 is 0 Å². The summed E-state index contributed by atoms with van der Waals surface area (Å²) < 4.78 is 5.20. The molecule has 0 aromatic heterocycles. The molecule has 1 aliphatic rings. The van der Waals surface area contributed by atoms with Crippen LogP contribution < -0.4 is 10.1 Å². The lowest BCUT2D eigenvalue weighted by atomic mass is 10.0. The van der Waals surface area contributed by atoms with E-state index in [-0.39, 0.29) is 23.8 Å². The number of ether oxygens (including phenoxy) is 1. The molecule has 1 heterocycles. The lowest BCUT2D eigenvalue weighted by Gasteiger charge is -2.33. The van der Waals surface area contributed by atoms with E-state index in [1.54, 1.807) is 7.11 Å². The summed E-state index contributed by atoms with van der Waals surface area (Å²) in [5.74, 6) is 1.08. The van der Waals surface area contributed by atoms with Gasteiger partial charge in [0, 0.05) is 25.0 Å². The van der Waals surface area contributed by atoms with Gasteiger partial charge in [-0.25, -0.2) is 0 Å². The zero-order chi connectivity index (χ0) is 17.5. The molecule has 1 N–H and O–H groups in total. The molecule has 1 atom stereocenters. The van der Waals surface area contributed by atoms with Crippen molar-refractivity contribution >= 4 is 11.8 Å². The highest BCUT2D eigenvalue weighted by molar-refractivity contribution is 5.79. The molecule has 0 radical (unpaired) electrons. The van der Waals surface area contributed by atoms with Crippen molar-refractivity contribution in [3.63, 3.8) is 0 Å². The van der Waals surface area contributed by atoms with Gasteiger partial charge in [-0.3, -0.25) is 9.59 Å². The molecule has 1 aromatic carbocycles. The Morgan fingerprint density at radius 2 is 2.04 bits per heavy atom. The quantitative estimate of drug-likeness (QED) is 0.870. The Labute approximate surface area is 144 Å². The van der Waals surface area contributed by atoms with Crippen LogP contribution in [0.2, 0.25) is 0 Å². The third kappa shape index (κ3) is 4.98. The highest BCUT2D eigenvalue weighted by Gasteiger charge is 2.24. The first-order chi connectivity index (χ1) is 11.5. The molecule has 5 nitrogen and oxygen atoms in total. The van der Waals surface area contributed by atoms with Crippen molar-refractivity contribution in [2.75, 3.05) is 20.2 Å². The average molecular weight is 332 g/mol. The molecule has 5 heteroatoms. The molecule has 1 aliphatic heterocycles. The van der Waals surface area contributed by atoms with Crippen molar-refractivity contribution in [1.29, 1.82) is 0 Å². The van der Waals surface area contributed by atoms with Crippen molar-refractivity contribution in [2.45, 2.75) is 45.6 Å². The summed E-state index contributed by atoms with van der Waals surface area (Å²) in [4.78, 5) is 26.3. The lowest BCUT2D eigenvalue weighted by molar-refractivity contribution is -0.131. The molecule has 1 aromatic rings. The third-order valence-electron chi connectivity index (χ3n) is 4.74. The van der Waals surface area contributed by atoms with E-state index in [0.717, 1.165) is 30.6 Å². The SMILES string of the molecule is CC[C@@H](C)C(=O)NC1CCN(C(=O)Cc2cccc(OC)c2)CC1. The van der Waals surface area contributed by atoms with Gasteiger partial charge in [0.05, 0.1) is 13.5 Å². The van der Waals surface area contributed by atoms with Crippen LogP contribution in [-0.4, -0.2) is 43.0 Å². The van der Waals surface area contributed by atoms with Crippen LogP contribution in [0.3, 0.4) is 0 Å². The number of piperidine rings is 1. The maximum atomic E-state index is 12.4. The average Bonchev–Trinajstić information content (AvgIpc) is 2.61. The molecule has 0 aliphatic carbocycles.